The van der Waals surface area contributed by atoms with Gasteiger partial charge in [0, 0.05) is 29.7 Å². The molecule has 0 aliphatic carbocycles. The first-order valence-electron chi connectivity index (χ1n) is 11.8. The molecule has 36 heavy (non-hydrogen) atoms. The van der Waals surface area contributed by atoms with Gasteiger partial charge < -0.3 is 14.4 Å². The molecule has 0 spiro atoms. The number of nitrogens with zero attached hydrogens (tertiary/aromatic N) is 3. The summed E-state index contributed by atoms with van der Waals surface area (Å²) >= 11 is 6.06. The van der Waals surface area contributed by atoms with Gasteiger partial charge in [-0.25, -0.2) is 4.68 Å². The van der Waals surface area contributed by atoms with Gasteiger partial charge in [-0.3, -0.25) is 4.79 Å². The van der Waals surface area contributed by atoms with Crippen LogP contribution in [0.5, 0.6) is 17.4 Å². The molecule has 0 aliphatic heterocycles. The second-order valence-electron chi connectivity index (χ2n) is 8.96. The zero-order valence-corrected chi connectivity index (χ0v) is 21.7. The van der Waals surface area contributed by atoms with Gasteiger partial charge in [0.15, 0.2) is 11.5 Å². The number of aromatic nitrogens is 2. The van der Waals surface area contributed by atoms with E-state index in [1.54, 1.807) is 36.1 Å². The van der Waals surface area contributed by atoms with Crippen LogP contribution in [0.4, 0.5) is 0 Å². The van der Waals surface area contributed by atoms with E-state index in [1.807, 2.05) is 66.5 Å². The van der Waals surface area contributed by atoms with E-state index in [1.165, 1.54) is 0 Å². The van der Waals surface area contributed by atoms with E-state index in [2.05, 4.69) is 13.8 Å². The third-order valence-electron chi connectivity index (χ3n) is 5.72. The maximum Gasteiger partial charge on any atom is 0.254 e. The van der Waals surface area contributed by atoms with Crippen molar-refractivity contribution in [1.82, 2.24) is 14.7 Å². The number of methoxy groups -OCH3 is 1. The monoisotopic (exact) mass is 503 g/mol. The standard InChI is InChI=1S/C29H30ClN3O3/c1-20(2)18-33(28(34)22-14-16-23(30)17-15-22)19-24-27(21-10-6-5-7-11-21)31-32(3)29(24)36-26-13-9-8-12-25(26)35-4/h5-17,20H,18-19H2,1-4H3. The van der Waals surface area contributed by atoms with Crippen LogP contribution in [0.25, 0.3) is 11.3 Å². The summed E-state index contributed by atoms with van der Waals surface area (Å²) in [6, 6.07) is 24.4. The third-order valence-corrected chi connectivity index (χ3v) is 5.98. The highest BCUT2D eigenvalue weighted by Crippen LogP contribution is 2.37. The molecule has 0 saturated carbocycles. The SMILES string of the molecule is COc1ccccc1Oc1c(CN(CC(C)C)C(=O)c2ccc(Cl)cc2)c(-c2ccccc2)nn1C. The second-order valence-corrected chi connectivity index (χ2v) is 9.40. The van der Waals surface area contributed by atoms with E-state index in [-0.39, 0.29) is 11.8 Å². The van der Waals surface area contributed by atoms with Crippen LogP contribution in [0.3, 0.4) is 0 Å². The molecular formula is C29H30ClN3O3. The molecule has 4 rings (SSSR count). The molecule has 0 aliphatic rings. The third kappa shape index (κ3) is 5.71. The number of amides is 1. The maximum atomic E-state index is 13.6. The van der Waals surface area contributed by atoms with Crippen molar-refractivity contribution in [3.05, 3.63) is 95.0 Å². The lowest BCUT2D eigenvalue weighted by atomic mass is 10.1. The zero-order chi connectivity index (χ0) is 25.7. The van der Waals surface area contributed by atoms with Gasteiger partial charge in [-0.2, -0.15) is 5.10 Å². The van der Waals surface area contributed by atoms with E-state index in [0.717, 1.165) is 16.8 Å². The Hall–Kier alpha value is -3.77. The van der Waals surface area contributed by atoms with Gasteiger partial charge in [0.2, 0.25) is 5.88 Å². The fourth-order valence-corrected chi connectivity index (χ4v) is 4.21. The van der Waals surface area contributed by atoms with Crippen molar-refractivity contribution in [3.8, 4) is 28.6 Å². The summed E-state index contributed by atoms with van der Waals surface area (Å²) < 4.78 is 13.6. The highest BCUT2D eigenvalue weighted by atomic mass is 35.5. The number of rotatable bonds is 9. The lowest BCUT2D eigenvalue weighted by Crippen LogP contribution is -2.34. The molecule has 6 nitrogen and oxygen atoms in total. The molecule has 1 amide bonds. The fraction of sp³-hybridized carbons (Fsp3) is 0.241. The van der Waals surface area contributed by atoms with Crippen molar-refractivity contribution >= 4 is 17.5 Å². The van der Waals surface area contributed by atoms with Crippen LogP contribution in [-0.2, 0) is 13.6 Å². The lowest BCUT2D eigenvalue weighted by molar-refractivity contribution is 0.0722. The van der Waals surface area contributed by atoms with Crippen LogP contribution >= 0.6 is 11.6 Å². The lowest BCUT2D eigenvalue weighted by Gasteiger charge is -2.25. The molecule has 1 heterocycles. The molecular weight excluding hydrogens is 474 g/mol. The molecule has 4 aromatic rings. The van der Waals surface area contributed by atoms with Crippen LogP contribution in [0.15, 0.2) is 78.9 Å². The van der Waals surface area contributed by atoms with Crippen molar-refractivity contribution < 1.29 is 14.3 Å². The number of carbonyl (C=O) groups is 1. The minimum Gasteiger partial charge on any atom is -0.493 e. The Kier molecular flexibility index (Phi) is 7.96. The van der Waals surface area contributed by atoms with Crippen molar-refractivity contribution in [2.24, 2.45) is 13.0 Å². The summed E-state index contributed by atoms with van der Waals surface area (Å²) in [5, 5.41) is 5.39. The summed E-state index contributed by atoms with van der Waals surface area (Å²) in [7, 11) is 3.45. The van der Waals surface area contributed by atoms with Crippen molar-refractivity contribution in [3.63, 3.8) is 0 Å². The van der Waals surface area contributed by atoms with E-state index in [0.29, 0.717) is 41.1 Å². The van der Waals surface area contributed by atoms with E-state index in [4.69, 9.17) is 26.2 Å². The number of ether oxygens (including phenoxy) is 2. The van der Waals surface area contributed by atoms with Crippen LogP contribution in [0, 0.1) is 5.92 Å². The summed E-state index contributed by atoms with van der Waals surface area (Å²) in [4.78, 5) is 15.5. The maximum absolute atomic E-state index is 13.6. The average Bonchev–Trinajstić information content (AvgIpc) is 3.19. The number of hydrogen-bond donors (Lipinski definition) is 0. The first-order chi connectivity index (χ1) is 17.4. The first-order valence-corrected chi connectivity index (χ1v) is 12.2. The number of aryl methyl sites for hydroxylation is 1. The molecule has 0 atom stereocenters. The van der Waals surface area contributed by atoms with Crippen molar-refractivity contribution in [2.75, 3.05) is 13.7 Å². The van der Waals surface area contributed by atoms with Gasteiger partial charge in [0.05, 0.1) is 19.2 Å². The minimum absolute atomic E-state index is 0.0773. The molecule has 186 valence electrons. The van der Waals surface area contributed by atoms with Gasteiger partial charge >= 0.3 is 0 Å². The number of carbonyl (C=O) groups excluding carboxylic acids is 1. The summed E-state index contributed by atoms with van der Waals surface area (Å²) in [5.41, 5.74) is 3.11. The summed E-state index contributed by atoms with van der Waals surface area (Å²) in [6.07, 6.45) is 0. The predicted molar refractivity (Wildman–Crippen MR) is 143 cm³/mol. The van der Waals surface area contributed by atoms with Crippen LogP contribution < -0.4 is 9.47 Å². The number of para-hydroxylation sites is 2. The molecule has 0 unspecified atom stereocenters. The van der Waals surface area contributed by atoms with Gasteiger partial charge in [-0.05, 0) is 42.3 Å². The summed E-state index contributed by atoms with van der Waals surface area (Å²) in [6.45, 7) is 5.08. The average molecular weight is 504 g/mol. The van der Waals surface area contributed by atoms with Crippen LogP contribution in [0.2, 0.25) is 5.02 Å². The number of hydrogen-bond acceptors (Lipinski definition) is 4. The Bertz CT molecular complexity index is 1320. The highest BCUT2D eigenvalue weighted by Gasteiger charge is 2.26. The minimum atomic E-state index is -0.0773. The van der Waals surface area contributed by atoms with Gasteiger partial charge in [0.1, 0.15) is 5.69 Å². The van der Waals surface area contributed by atoms with E-state index >= 15 is 0 Å². The highest BCUT2D eigenvalue weighted by molar-refractivity contribution is 6.30. The van der Waals surface area contributed by atoms with E-state index in [9.17, 15) is 4.79 Å². The Morgan fingerprint density at radius 2 is 1.61 bits per heavy atom. The predicted octanol–water partition coefficient (Wildman–Crippen LogP) is 6.84. The largest absolute Gasteiger partial charge is 0.493 e. The molecule has 1 aromatic heterocycles. The Labute approximate surface area is 217 Å². The molecule has 3 aromatic carbocycles. The van der Waals surface area contributed by atoms with Gasteiger partial charge in [-0.1, -0.05) is 67.9 Å². The molecule has 7 heteroatoms. The number of halogens is 1. The molecule has 0 fully saturated rings. The molecule has 0 radical (unpaired) electrons. The smallest absolute Gasteiger partial charge is 0.254 e. The normalized spacial score (nSPS) is 10.9. The quantitative estimate of drug-likeness (QED) is 0.251. The Balaban J connectivity index is 1.80. The zero-order valence-electron chi connectivity index (χ0n) is 20.9. The molecule has 0 bridgehead atoms. The van der Waals surface area contributed by atoms with Crippen molar-refractivity contribution in [1.29, 1.82) is 0 Å². The Morgan fingerprint density at radius 1 is 0.972 bits per heavy atom. The molecule has 0 saturated heterocycles. The van der Waals surface area contributed by atoms with Gasteiger partial charge in [-0.15, -0.1) is 0 Å². The molecule has 0 N–H and O–H groups in total. The topological polar surface area (TPSA) is 56.6 Å². The second kappa shape index (κ2) is 11.3. The summed E-state index contributed by atoms with van der Waals surface area (Å²) in [5.74, 6) is 1.92. The van der Waals surface area contributed by atoms with Gasteiger partial charge in [0.25, 0.3) is 5.91 Å². The van der Waals surface area contributed by atoms with E-state index < -0.39 is 0 Å². The van der Waals surface area contributed by atoms with Crippen LogP contribution in [0.1, 0.15) is 29.8 Å². The Morgan fingerprint density at radius 3 is 2.25 bits per heavy atom. The first kappa shape index (κ1) is 25.3. The van der Waals surface area contributed by atoms with Crippen molar-refractivity contribution in [2.45, 2.75) is 20.4 Å². The van der Waals surface area contributed by atoms with Crippen LogP contribution in [-0.4, -0.2) is 34.2 Å². The number of benzene rings is 3. The fourth-order valence-electron chi connectivity index (χ4n) is 4.08.